The first-order valence-corrected chi connectivity index (χ1v) is 8.01. The zero-order valence-electron chi connectivity index (χ0n) is 12.6. The molecule has 7 nitrogen and oxygen atoms in total. The van der Waals surface area contributed by atoms with Crippen LogP contribution in [0.1, 0.15) is 17.4 Å². The summed E-state index contributed by atoms with van der Waals surface area (Å²) in [6, 6.07) is 7.67. The van der Waals surface area contributed by atoms with Crippen molar-refractivity contribution >= 4 is 17.4 Å². The maximum Gasteiger partial charge on any atom is 0.251 e. The molecular weight excluding hydrogens is 314 g/mol. The normalized spacial score (nSPS) is 11.4. The standard InChI is InChI=1S/C15H13N5O2S/c1-9-7-11(10(2)21-9)14-18-17-13(22-14)8-23-15-19-16-12-5-3-4-6-20(12)15/h3-7H,8H2,1-2H3. The molecule has 0 radical (unpaired) electrons. The fraction of sp³-hybridized carbons (Fsp3) is 0.200. The number of aryl methyl sites for hydroxylation is 2. The minimum absolute atomic E-state index is 0.473. The van der Waals surface area contributed by atoms with Gasteiger partial charge in [-0.2, -0.15) is 0 Å². The van der Waals surface area contributed by atoms with Crippen molar-refractivity contribution in [3.05, 3.63) is 47.9 Å². The molecule has 0 saturated carbocycles. The Hall–Kier alpha value is -2.61. The first-order valence-electron chi connectivity index (χ1n) is 7.03. The molecule has 4 heterocycles. The third kappa shape index (κ3) is 2.61. The molecule has 4 aromatic heterocycles. The van der Waals surface area contributed by atoms with Gasteiger partial charge >= 0.3 is 0 Å². The predicted molar refractivity (Wildman–Crippen MR) is 84.0 cm³/mol. The van der Waals surface area contributed by atoms with Gasteiger partial charge in [-0.3, -0.25) is 4.40 Å². The second kappa shape index (κ2) is 5.54. The van der Waals surface area contributed by atoms with Gasteiger partial charge in [-0.25, -0.2) is 0 Å². The number of aromatic nitrogens is 5. The van der Waals surface area contributed by atoms with E-state index >= 15 is 0 Å². The first kappa shape index (κ1) is 14.0. The maximum absolute atomic E-state index is 5.71. The highest BCUT2D eigenvalue weighted by atomic mass is 32.2. The van der Waals surface area contributed by atoms with Crippen LogP contribution in [0.2, 0.25) is 0 Å². The molecule has 0 N–H and O–H groups in total. The molecule has 0 aliphatic heterocycles. The minimum Gasteiger partial charge on any atom is -0.466 e. The van der Waals surface area contributed by atoms with E-state index in [1.165, 1.54) is 11.8 Å². The van der Waals surface area contributed by atoms with Crippen LogP contribution in [-0.4, -0.2) is 24.8 Å². The summed E-state index contributed by atoms with van der Waals surface area (Å²) in [5, 5.41) is 17.2. The van der Waals surface area contributed by atoms with E-state index in [9.17, 15) is 0 Å². The summed E-state index contributed by atoms with van der Waals surface area (Å²) >= 11 is 1.50. The molecular formula is C15H13N5O2S. The highest BCUT2D eigenvalue weighted by molar-refractivity contribution is 7.98. The molecule has 116 valence electrons. The van der Waals surface area contributed by atoms with Crippen molar-refractivity contribution in [2.45, 2.75) is 24.8 Å². The summed E-state index contributed by atoms with van der Waals surface area (Å²) in [5.74, 6) is 3.13. The fourth-order valence-corrected chi connectivity index (χ4v) is 3.07. The summed E-state index contributed by atoms with van der Waals surface area (Å²) in [7, 11) is 0. The van der Waals surface area contributed by atoms with E-state index in [2.05, 4.69) is 20.4 Å². The Labute approximate surface area is 135 Å². The second-order valence-electron chi connectivity index (χ2n) is 5.03. The molecule has 0 amide bonds. The maximum atomic E-state index is 5.71. The zero-order chi connectivity index (χ0) is 15.8. The van der Waals surface area contributed by atoms with Gasteiger partial charge in [-0.05, 0) is 32.0 Å². The molecule has 8 heteroatoms. The van der Waals surface area contributed by atoms with Crippen LogP contribution in [0.15, 0.2) is 44.5 Å². The Balaban J connectivity index is 1.53. The second-order valence-corrected chi connectivity index (χ2v) is 5.97. The molecule has 0 fully saturated rings. The van der Waals surface area contributed by atoms with E-state index in [1.807, 2.05) is 48.7 Å². The van der Waals surface area contributed by atoms with Crippen molar-refractivity contribution in [3.8, 4) is 11.5 Å². The molecule has 23 heavy (non-hydrogen) atoms. The summed E-state index contributed by atoms with van der Waals surface area (Å²) < 4.78 is 13.1. The molecule has 0 saturated heterocycles. The monoisotopic (exact) mass is 327 g/mol. The molecule has 0 bridgehead atoms. The lowest BCUT2D eigenvalue weighted by Gasteiger charge is -1.96. The molecule has 0 spiro atoms. The van der Waals surface area contributed by atoms with Gasteiger partial charge in [0.25, 0.3) is 5.89 Å². The molecule has 0 atom stereocenters. The van der Waals surface area contributed by atoms with Crippen LogP contribution >= 0.6 is 11.8 Å². The van der Waals surface area contributed by atoms with Gasteiger partial charge in [0, 0.05) is 6.20 Å². The Morgan fingerprint density at radius 2 is 2.00 bits per heavy atom. The van der Waals surface area contributed by atoms with Crippen molar-refractivity contribution in [1.82, 2.24) is 24.8 Å². The van der Waals surface area contributed by atoms with Crippen molar-refractivity contribution in [2.24, 2.45) is 0 Å². The average molecular weight is 327 g/mol. The fourth-order valence-electron chi connectivity index (χ4n) is 2.31. The lowest BCUT2D eigenvalue weighted by Crippen LogP contribution is -1.87. The predicted octanol–water partition coefficient (Wildman–Crippen LogP) is 3.28. The smallest absolute Gasteiger partial charge is 0.251 e. The van der Waals surface area contributed by atoms with E-state index in [-0.39, 0.29) is 0 Å². The van der Waals surface area contributed by atoms with Crippen LogP contribution in [0.5, 0.6) is 0 Å². The number of nitrogens with zero attached hydrogens (tertiary/aromatic N) is 5. The molecule has 0 aliphatic carbocycles. The topological polar surface area (TPSA) is 82.2 Å². The van der Waals surface area contributed by atoms with E-state index < -0.39 is 0 Å². The lowest BCUT2D eigenvalue weighted by atomic mass is 10.2. The van der Waals surface area contributed by atoms with Gasteiger partial charge in [-0.15, -0.1) is 20.4 Å². The van der Waals surface area contributed by atoms with E-state index in [4.69, 9.17) is 8.83 Å². The van der Waals surface area contributed by atoms with Gasteiger partial charge in [0.05, 0.1) is 11.3 Å². The van der Waals surface area contributed by atoms with Gasteiger partial charge in [-0.1, -0.05) is 17.8 Å². The Morgan fingerprint density at radius 1 is 1.09 bits per heavy atom. The summed E-state index contributed by atoms with van der Waals surface area (Å²) in [4.78, 5) is 0. The van der Waals surface area contributed by atoms with Crippen LogP contribution in [0, 0.1) is 13.8 Å². The zero-order valence-corrected chi connectivity index (χ0v) is 13.4. The third-order valence-corrected chi connectivity index (χ3v) is 4.27. The third-order valence-electron chi connectivity index (χ3n) is 3.35. The van der Waals surface area contributed by atoms with E-state index in [0.717, 1.165) is 27.9 Å². The van der Waals surface area contributed by atoms with Crippen molar-refractivity contribution in [2.75, 3.05) is 0 Å². The molecule has 4 rings (SSSR count). The largest absolute Gasteiger partial charge is 0.466 e. The summed E-state index contributed by atoms with van der Waals surface area (Å²) in [5.41, 5.74) is 1.64. The number of hydrogen-bond acceptors (Lipinski definition) is 7. The van der Waals surface area contributed by atoms with Gasteiger partial charge < -0.3 is 8.83 Å². The Morgan fingerprint density at radius 3 is 2.83 bits per heavy atom. The number of furan rings is 1. The summed E-state index contributed by atoms with van der Waals surface area (Å²) in [6.45, 7) is 3.77. The number of fused-ring (bicyclic) bond motifs is 1. The Bertz CT molecular complexity index is 971. The van der Waals surface area contributed by atoms with E-state index in [0.29, 0.717) is 17.5 Å². The van der Waals surface area contributed by atoms with Gasteiger partial charge in [0.2, 0.25) is 5.89 Å². The van der Waals surface area contributed by atoms with Crippen LogP contribution in [0.3, 0.4) is 0 Å². The van der Waals surface area contributed by atoms with Gasteiger partial charge in [0.15, 0.2) is 10.8 Å². The number of pyridine rings is 1. The highest BCUT2D eigenvalue weighted by Gasteiger charge is 2.15. The number of rotatable bonds is 4. The average Bonchev–Trinajstić information content (AvgIpc) is 3.24. The number of thioether (sulfide) groups is 1. The lowest BCUT2D eigenvalue weighted by molar-refractivity contribution is 0.499. The van der Waals surface area contributed by atoms with Crippen LogP contribution in [0.25, 0.3) is 17.1 Å². The van der Waals surface area contributed by atoms with Crippen molar-refractivity contribution in [1.29, 1.82) is 0 Å². The summed E-state index contributed by atoms with van der Waals surface area (Å²) in [6.07, 6.45) is 1.93. The van der Waals surface area contributed by atoms with Gasteiger partial charge in [0.1, 0.15) is 11.5 Å². The quantitative estimate of drug-likeness (QED) is 0.532. The number of hydrogen-bond donors (Lipinski definition) is 0. The van der Waals surface area contributed by atoms with Crippen LogP contribution in [0.4, 0.5) is 0 Å². The molecule has 0 aliphatic rings. The van der Waals surface area contributed by atoms with E-state index in [1.54, 1.807) is 0 Å². The van der Waals surface area contributed by atoms with Crippen LogP contribution in [-0.2, 0) is 5.75 Å². The molecule has 4 aromatic rings. The molecule has 0 aromatic carbocycles. The highest BCUT2D eigenvalue weighted by Crippen LogP contribution is 2.27. The minimum atomic E-state index is 0.473. The van der Waals surface area contributed by atoms with Crippen LogP contribution < -0.4 is 0 Å². The SMILES string of the molecule is Cc1cc(-c2nnc(CSc3nnc4ccccn34)o2)c(C)o1. The molecule has 0 unspecified atom stereocenters. The first-order chi connectivity index (χ1) is 11.2. The van der Waals surface area contributed by atoms with Crippen molar-refractivity contribution < 1.29 is 8.83 Å². The van der Waals surface area contributed by atoms with Crippen molar-refractivity contribution in [3.63, 3.8) is 0 Å². The Kier molecular flexibility index (Phi) is 3.38.